The van der Waals surface area contributed by atoms with Gasteiger partial charge in [-0.25, -0.2) is 14.8 Å². The Bertz CT molecular complexity index is 1370. The van der Waals surface area contributed by atoms with Crippen LogP contribution in [0.1, 0.15) is 29.7 Å². The van der Waals surface area contributed by atoms with Gasteiger partial charge in [-0.1, -0.05) is 0 Å². The van der Waals surface area contributed by atoms with E-state index in [1.54, 1.807) is 11.8 Å². The Balaban J connectivity index is 1.39. The Morgan fingerprint density at radius 2 is 2.06 bits per heavy atom. The molecular formula is C21H22N6O4S. The van der Waals surface area contributed by atoms with Gasteiger partial charge in [-0.2, -0.15) is 0 Å². The number of hydrogen-bond donors (Lipinski definition) is 2. The third kappa shape index (κ3) is 3.62. The normalized spacial score (nSPS) is 18.9. The number of anilines is 1. The predicted molar refractivity (Wildman–Crippen MR) is 119 cm³/mol. The molecule has 11 heteroatoms. The fourth-order valence-corrected chi connectivity index (χ4v) is 5.19. The first-order chi connectivity index (χ1) is 15.2. The summed E-state index contributed by atoms with van der Waals surface area (Å²) in [6.45, 7) is 3.78. The molecule has 1 saturated heterocycles. The summed E-state index contributed by atoms with van der Waals surface area (Å²) < 4.78 is 1.17. The molecule has 4 heterocycles. The highest BCUT2D eigenvalue weighted by molar-refractivity contribution is 7.18. The minimum absolute atomic E-state index is 0.0243. The van der Waals surface area contributed by atoms with Gasteiger partial charge in [0.15, 0.2) is 0 Å². The number of amides is 2. The summed E-state index contributed by atoms with van der Waals surface area (Å²) in [7, 11) is 0. The van der Waals surface area contributed by atoms with Crippen molar-refractivity contribution in [3.8, 4) is 0 Å². The standard InChI is InChI=1S/C21H22N6O4S/c1-11-7-26(20(31)25-17(11)29)8-15(28)27-9-21(3-4-21)6-14(27)18(30)24-16-13-5-12(2)32-19(13)23-10-22-16/h5,7,10,14H,3-4,6,8-9H2,1-2H3,(H,25,29,31)(H,22,23,24,30)/t14-/m1/s1. The van der Waals surface area contributed by atoms with E-state index in [1.165, 1.54) is 28.4 Å². The lowest BCUT2D eigenvalue weighted by molar-refractivity contribution is -0.137. The number of nitrogens with zero attached hydrogens (tertiary/aromatic N) is 4. The lowest BCUT2D eigenvalue weighted by Crippen LogP contribution is -2.46. The molecule has 2 aliphatic rings. The third-order valence-corrected chi connectivity index (χ3v) is 7.24. The number of likely N-dealkylation sites (tertiary alicyclic amines) is 1. The minimum atomic E-state index is -0.647. The Hall–Kier alpha value is -3.34. The van der Waals surface area contributed by atoms with E-state index in [4.69, 9.17) is 0 Å². The van der Waals surface area contributed by atoms with Crippen LogP contribution in [-0.2, 0) is 16.1 Å². The van der Waals surface area contributed by atoms with Crippen molar-refractivity contribution in [3.63, 3.8) is 0 Å². The Kier molecular flexibility index (Phi) is 4.73. The molecule has 0 bridgehead atoms. The van der Waals surface area contributed by atoms with Gasteiger partial charge in [0, 0.05) is 23.2 Å². The average molecular weight is 455 g/mol. The van der Waals surface area contributed by atoms with Crippen molar-refractivity contribution < 1.29 is 9.59 Å². The zero-order valence-electron chi connectivity index (χ0n) is 17.7. The van der Waals surface area contributed by atoms with E-state index in [1.807, 2.05) is 13.0 Å². The van der Waals surface area contributed by atoms with Crippen LogP contribution in [0.4, 0.5) is 5.82 Å². The molecule has 1 aliphatic heterocycles. The van der Waals surface area contributed by atoms with E-state index in [0.717, 1.165) is 27.9 Å². The van der Waals surface area contributed by atoms with E-state index < -0.39 is 17.3 Å². The maximum atomic E-state index is 13.2. The number of hydrogen-bond acceptors (Lipinski definition) is 7. The molecule has 3 aromatic heterocycles. The van der Waals surface area contributed by atoms with Crippen LogP contribution >= 0.6 is 11.3 Å². The summed E-state index contributed by atoms with van der Waals surface area (Å²) in [4.78, 5) is 64.2. The number of fused-ring (bicyclic) bond motifs is 1. The second kappa shape index (κ2) is 7.37. The molecule has 0 radical (unpaired) electrons. The van der Waals surface area contributed by atoms with Gasteiger partial charge >= 0.3 is 5.69 Å². The SMILES string of the molecule is Cc1cc2c(NC(=O)[C@H]3CC4(CC4)CN3C(=O)Cn3cc(C)c(=O)[nH]c3=O)ncnc2s1. The van der Waals surface area contributed by atoms with E-state index in [-0.39, 0.29) is 23.8 Å². The molecule has 2 amide bonds. The molecule has 1 aliphatic carbocycles. The van der Waals surface area contributed by atoms with Crippen molar-refractivity contribution in [2.75, 3.05) is 11.9 Å². The molecule has 32 heavy (non-hydrogen) atoms. The van der Waals surface area contributed by atoms with E-state index in [0.29, 0.717) is 24.3 Å². The first-order valence-electron chi connectivity index (χ1n) is 10.4. The average Bonchev–Trinajstić information content (AvgIpc) is 3.20. The second-order valence-corrected chi connectivity index (χ2v) is 9.96. The summed E-state index contributed by atoms with van der Waals surface area (Å²) in [6, 6.07) is 1.29. The summed E-state index contributed by atoms with van der Waals surface area (Å²) in [5.41, 5.74) is -0.810. The van der Waals surface area contributed by atoms with Gasteiger partial charge in [0.1, 0.15) is 29.6 Å². The topological polar surface area (TPSA) is 130 Å². The van der Waals surface area contributed by atoms with Crippen LogP contribution in [0.25, 0.3) is 10.2 Å². The molecule has 1 spiro atoms. The first kappa shape index (κ1) is 20.6. The lowest BCUT2D eigenvalue weighted by Gasteiger charge is -2.24. The van der Waals surface area contributed by atoms with Crippen LogP contribution in [-0.4, -0.2) is 48.8 Å². The predicted octanol–water partition coefficient (Wildman–Crippen LogP) is 1.18. The Labute approximate surface area is 186 Å². The van der Waals surface area contributed by atoms with Crippen LogP contribution in [0.3, 0.4) is 0 Å². The van der Waals surface area contributed by atoms with Gasteiger partial charge in [0.05, 0.1) is 5.39 Å². The molecule has 3 aromatic rings. The number of rotatable bonds is 4. The minimum Gasteiger partial charge on any atom is -0.329 e. The number of carbonyl (C=O) groups excluding carboxylic acids is 2. The van der Waals surface area contributed by atoms with Gasteiger partial charge in [0.2, 0.25) is 11.8 Å². The maximum Gasteiger partial charge on any atom is 0.328 e. The maximum absolute atomic E-state index is 13.2. The van der Waals surface area contributed by atoms with Crippen LogP contribution in [0, 0.1) is 19.3 Å². The Morgan fingerprint density at radius 1 is 1.28 bits per heavy atom. The third-order valence-electron chi connectivity index (χ3n) is 6.28. The van der Waals surface area contributed by atoms with Gasteiger partial charge in [-0.3, -0.25) is 23.9 Å². The molecule has 166 valence electrons. The van der Waals surface area contributed by atoms with Gasteiger partial charge in [-0.15, -0.1) is 11.3 Å². The van der Waals surface area contributed by atoms with Crippen LogP contribution in [0.15, 0.2) is 28.2 Å². The van der Waals surface area contributed by atoms with Gasteiger partial charge in [0.25, 0.3) is 5.56 Å². The molecule has 2 fully saturated rings. The van der Waals surface area contributed by atoms with Gasteiger partial charge < -0.3 is 10.2 Å². The summed E-state index contributed by atoms with van der Waals surface area (Å²) >= 11 is 1.52. The fraction of sp³-hybridized carbons (Fsp3) is 0.429. The monoisotopic (exact) mass is 454 g/mol. The molecule has 5 rings (SSSR count). The van der Waals surface area contributed by atoms with Crippen molar-refractivity contribution in [3.05, 3.63) is 49.9 Å². The zero-order chi connectivity index (χ0) is 22.6. The molecular weight excluding hydrogens is 432 g/mol. The highest BCUT2D eigenvalue weighted by atomic mass is 32.1. The van der Waals surface area contributed by atoms with Crippen LogP contribution in [0.2, 0.25) is 0 Å². The summed E-state index contributed by atoms with van der Waals surface area (Å²) in [5, 5.41) is 3.66. The first-order valence-corrected chi connectivity index (χ1v) is 11.2. The van der Waals surface area contributed by atoms with Crippen molar-refractivity contribution in [1.29, 1.82) is 0 Å². The van der Waals surface area contributed by atoms with Crippen molar-refractivity contribution in [2.45, 2.75) is 45.7 Å². The largest absolute Gasteiger partial charge is 0.329 e. The Morgan fingerprint density at radius 3 is 2.81 bits per heavy atom. The number of aryl methyl sites for hydroxylation is 2. The van der Waals surface area contributed by atoms with Crippen molar-refractivity contribution in [1.82, 2.24) is 24.4 Å². The van der Waals surface area contributed by atoms with E-state index >= 15 is 0 Å². The number of carbonyl (C=O) groups is 2. The number of thiophene rings is 1. The number of aromatic amines is 1. The fourth-order valence-electron chi connectivity index (χ4n) is 4.34. The number of H-pyrrole nitrogens is 1. The van der Waals surface area contributed by atoms with E-state index in [2.05, 4.69) is 20.3 Å². The number of nitrogens with one attached hydrogen (secondary N) is 2. The molecule has 0 aromatic carbocycles. The van der Waals surface area contributed by atoms with Crippen molar-refractivity contribution >= 4 is 39.2 Å². The molecule has 2 N–H and O–H groups in total. The molecule has 1 saturated carbocycles. The molecule has 1 atom stereocenters. The highest BCUT2D eigenvalue weighted by Gasteiger charge is 2.55. The van der Waals surface area contributed by atoms with Crippen molar-refractivity contribution in [2.24, 2.45) is 5.41 Å². The van der Waals surface area contributed by atoms with Crippen LogP contribution in [0.5, 0.6) is 0 Å². The molecule has 10 nitrogen and oxygen atoms in total. The zero-order valence-corrected chi connectivity index (χ0v) is 18.5. The summed E-state index contributed by atoms with van der Waals surface area (Å²) in [5.74, 6) is -0.196. The number of aromatic nitrogens is 4. The molecule has 0 unspecified atom stereocenters. The van der Waals surface area contributed by atoms with Crippen LogP contribution < -0.4 is 16.6 Å². The quantitative estimate of drug-likeness (QED) is 0.609. The lowest BCUT2D eigenvalue weighted by atomic mass is 10.0. The van der Waals surface area contributed by atoms with Gasteiger partial charge in [-0.05, 0) is 44.6 Å². The van der Waals surface area contributed by atoms with E-state index in [9.17, 15) is 19.2 Å². The summed E-state index contributed by atoms with van der Waals surface area (Å²) in [6.07, 6.45) is 5.31. The highest BCUT2D eigenvalue weighted by Crippen LogP contribution is 2.55. The second-order valence-electron chi connectivity index (χ2n) is 8.73. The smallest absolute Gasteiger partial charge is 0.328 e.